The maximum absolute atomic E-state index is 11.4. The molecule has 0 saturated heterocycles. The van der Waals surface area contributed by atoms with Crippen LogP contribution < -0.4 is 4.74 Å². The van der Waals surface area contributed by atoms with Gasteiger partial charge in [0.2, 0.25) is 0 Å². The van der Waals surface area contributed by atoms with Gasteiger partial charge in [-0.1, -0.05) is 12.1 Å². The largest absolute Gasteiger partial charge is 0.487 e. The number of nitro groups is 1. The molecule has 0 radical (unpaired) electrons. The molecule has 6 nitrogen and oxygen atoms in total. The van der Waals surface area contributed by atoms with Crippen LogP contribution in [0, 0.1) is 10.1 Å². The summed E-state index contributed by atoms with van der Waals surface area (Å²) in [4.78, 5) is 21.9. The minimum atomic E-state index is -0.453. The molecule has 0 fully saturated rings. The summed E-state index contributed by atoms with van der Waals surface area (Å²) in [6, 6.07) is 11.1. The van der Waals surface area contributed by atoms with Gasteiger partial charge in [-0.25, -0.2) is 4.79 Å². The van der Waals surface area contributed by atoms with E-state index in [9.17, 15) is 14.9 Å². The predicted octanol–water partition coefficient (Wildman–Crippen LogP) is 3.72. The van der Waals surface area contributed by atoms with Crippen molar-refractivity contribution in [1.82, 2.24) is 0 Å². The van der Waals surface area contributed by atoms with E-state index < -0.39 is 10.9 Å². The molecule has 0 N–H and O–H groups in total. The number of carbonyl (C=O) groups excluding carboxylic acids is 1. The highest BCUT2D eigenvalue weighted by Crippen LogP contribution is 2.28. The average Bonchev–Trinajstić information content (AvgIpc) is 2.53. The van der Waals surface area contributed by atoms with Crippen molar-refractivity contribution in [2.75, 3.05) is 7.11 Å². The first-order valence-corrected chi connectivity index (χ1v) is 7.05. The third-order valence-corrected chi connectivity index (χ3v) is 3.54. The lowest BCUT2D eigenvalue weighted by atomic mass is 10.2. The van der Waals surface area contributed by atoms with Crippen molar-refractivity contribution in [2.24, 2.45) is 0 Å². The number of esters is 1. The predicted molar refractivity (Wildman–Crippen MR) is 82.9 cm³/mol. The highest BCUT2D eigenvalue weighted by Gasteiger charge is 2.14. The Morgan fingerprint density at radius 2 is 2.00 bits per heavy atom. The van der Waals surface area contributed by atoms with Gasteiger partial charge in [0.25, 0.3) is 5.69 Å². The summed E-state index contributed by atoms with van der Waals surface area (Å²) in [6.45, 7) is 0.0489. The highest BCUT2D eigenvalue weighted by molar-refractivity contribution is 9.10. The number of hydrogen-bond acceptors (Lipinski definition) is 5. The van der Waals surface area contributed by atoms with Crippen molar-refractivity contribution >= 4 is 27.6 Å². The molecule has 2 aromatic rings. The fourth-order valence-electron chi connectivity index (χ4n) is 1.83. The zero-order chi connectivity index (χ0) is 16.1. The Kier molecular flexibility index (Phi) is 5.11. The van der Waals surface area contributed by atoms with Crippen molar-refractivity contribution in [3.63, 3.8) is 0 Å². The SMILES string of the molecule is COC(=O)c1ccc(OCc2ccccc2[N+](=O)[O-])c(Br)c1. The van der Waals surface area contributed by atoms with E-state index >= 15 is 0 Å². The zero-order valence-corrected chi connectivity index (χ0v) is 13.2. The molecule has 0 amide bonds. The standard InChI is InChI=1S/C15H12BrNO5/c1-21-15(18)10-6-7-14(12(16)8-10)22-9-11-4-2-3-5-13(11)17(19)20/h2-8H,9H2,1H3. The van der Waals surface area contributed by atoms with Crippen LogP contribution in [0.1, 0.15) is 15.9 Å². The molecule has 0 atom stereocenters. The summed E-state index contributed by atoms with van der Waals surface area (Å²) in [5, 5.41) is 10.9. The molecular weight excluding hydrogens is 354 g/mol. The number of nitrogens with zero attached hydrogens (tertiary/aromatic N) is 1. The van der Waals surface area contributed by atoms with Crippen LogP contribution in [0.15, 0.2) is 46.9 Å². The quantitative estimate of drug-likeness (QED) is 0.458. The molecule has 0 unspecified atom stereocenters. The van der Waals surface area contributed by atoms with Crippen LogP contribution in [-0.2, 0) is 11.3 Å². The zero-order valence-electron chi connectivity index (χ0n) is 11.6. The third kappa shape index (κ3) is 3.62. The Morgan fingerprint density at radius 3 is 2.64 bits per heavy atom. The van der Waals surface area contributed by atoms with E-state index in [1.54, 1.807) is 36.4 Å². The van der Waals surface area contributed by atoms with E-state index in [0.29, 0.717) is 21.3 Å². The van der Waals surface area contributed by atoms with E-state index in [0.717, 1.165) is 0 Å². The summed E-state index contributed by atoms with van der Waals surface area (Å²) in [5.74, 6) is 0.0248. The minimum absolute atomic E-state index is 0.00445. The van der Waals surface area contributed by atoms with Crippen LogP contribution in [-0.4, -0.2) is 18.0 Å². The van der Waals surface area contributed by atoms with Crippen molar-refractivity contribution in [3.8, 4) is 5.75 Å². The van der Waals surface area contributed by atoms with Crippen LogP contribution in [0.2, 0.25) is 0 Å². The second-order valence-electron chi connectivity index (χ2n) is 4.31. The van der Waals surface area contributed by atoms with E-state index in [-0.39, 0.29) is 12.3 Å². The lowest BCUT2D eigenvalue weighted by Crippen LogP contribution is -2.03. The van der Waals surface area contributed by atoms with Crippen molar-refractivity contribution in [3.05, 3.63) is 68.2 Å². The Balaban J connectivity index is 2.16. The van der Waals surface area contributed by atoms with Gasteiger partial charge in [0.15, 0.2) is 0 Å². The highest BCUT2D eigenvalue weighted by atomic mass is 79.9. The van der Waals surface area contributed by atoms with Crippen LogP contribution in [0.4, 0.5) is 5.69 Å². The molecular formula is C15H12BrNO5. The van der Waals surface area contributed by atoms with Gasteiger partial charge in [-0.05, 0) is 40.2 Å². The second-order valence-corrected chi connectivity index (χ2v) is 5.17. The maximum Gasteiger partial charge on any atom is 0.337 e. The molecule has 0 heterocycles. The fourth-order valence-corrected chi connectivity index (χ4v) is 2.32. The summed E-state index contributed by atoms with van der Waals surface area (Å²) in [7, 11) is 1.30. The van der Waals surface area contributed by atoms with E-state index in [4.69, 9.17) is 4.74 Å². The number of benzene rings is 2. The Labute approximate surface area is 134 Å². The smallest absolute Gasteiger partial charge is 0.337 e. The third-order valence-electron chi connectivity index (χ3n) is 2.92. The maximum atomic E-state index is 11.4. The molecule has 7 heteroatoms. The first-order chi connectivity index (χ1) is 10.5. The lowest BCUT2D eigenvalue weighted by molar-refractivity contribution is -0.385. The molecule has 0 bridgehead atoms. The van der Waals surface area contributed by atoms with E-state index in [1.807, 2.05) is 0 Å². The normalized spacial score (nSPS) is 10.1. The molecule has 0 spiro atoms. The van der Waals surface area contributed by atoms with Crippen LogP contribution in [0.5, 0.6) is 5.75 Å². The lowest BCUT2D eigenvalue weighted by Gasteiger charge is -2.09. The first kappa shape index (κ1) is 16.0. The summed E-state index contributed by atoms with van der Waals surface area (Å²) in [6.07, 6.45) is 0. The van der Waals surface area contributed by atoms with Crippen LogP contribution >= 0.6 is 15.9 Å². The summed E-state index contributed by atoms with van der Waals surface area (Å²) >= 11 is 3.30. The Morgan fingerprint density at radius 1 is 1.27 bits per heavy atom. The number of nitro benzene ring substituents is 1. The van der Waals surface area contributed by atoms with Gasteiger partial charge in [-0.2, -0.15) is 0 Å². The van der Waals surface area contributed by atoms with Gasteiger partial charge < -0.3 is 9.47 Å². The van der Waals surface area contributed by atoms with Crippen LogP contribution in [0.3, 0.4) is 0 Å². The van der Waals surface area contributed by atoms with E-state index in [2.05, 4.69) is 20.7 Å². The second kappa shape index (κ2) is 7.04. The molecule has 0 aliphatic carbocycles. The van der Waals surface area contributed by atoms with Crippen molar-refractivity contribution in [1.29, 1.82) is 0 Å². The van der Waals surface area contributed by atoms with Crippen LogP contribution in [0.25, 0.3) is 0 Å². The number of carbonyl (C=O) groups is 1. The molecule has 22 heavy (non-hydrogen) atoms. The van der Waals surface area contributed by atoms with Gasteiger partial charge in [0, 0.05) is 6.07 Å². The number of hydrogen-bond donors (Lipinski definition) is 0. The molecule has 2 aromatic carbocycles. The summed E-state index contributed by atoms with van der Waals surface area (Å²) in [5.41, 5.74) is 0.855. The van der Waals surface area contributed by atoms with Crippen molar-refractivity contribution in [2.45, 2.75) is 6.61 Å². The molecule has 2 rings (SSSR count). The first-order valence-electron chi connectivity index (χ1n) is 6.26. The molecule has 0 aromatic heterocycles. The average molecular weight is 366 g/mol. The number of methoxy groups -OCH3 is 1. The monoisotopic (exact) mass is 365 g/mol. The minimum Gasteiger partial charge on any atom is -0.487 e. The van der Waals surface area contributed by atoms with Gasteiger partial charge in [0.1, 0.15) is 12.4 Å². The molecule has 0 aliphatic rings. The molecule has 114 valence electrons. The van der Waals surface area contributed by atoms with E-state index in [1.165, 1.54) is 13.2 Å². The van der Waals surface area contributed by atoms with Gasteiger partial charge >= 0.3 is 5.97 Å². The van der Waals surface area contributed by atoms with Crippen molar-refractivity contribution < 1.29 is 19.2 Å². The number of ether oxygens (including phenoxy) is 2. The Bertz CT molecular complexity index is 717. The Hall–Kier alpha value is -2.41. The number of para-hydroxylation sites is 1. The van der Waals surface area contributed by atoms with Gasteiger partial charge in [-0.15, -0.1) is 0 Å². The number of halogens is 1. The fraction of sp³-hybridized carbons (Fsp3) is 0.133. The van der Waals surface area contributed by atoms with Gasteiger partial charge in [0.05, 0.1) is 27.6 Å². The van der Waals surface area contributed by atoms with Gasteiger partial charge in [-0.3, -0.25) is 10.1 Å². The molecule has 0 saturated carbocycles. The summed E-state index contributed by atoms with van der Waals surface area (Å²) < 4.78 is 10.8. The number of rotatable bonds is 5. The molecule has 0 aliphatic heterocycles. The topological polar surface area (TPSA) is 78.7 Å².